The summed E-state index contributed by atoms with van der Waals surface area (Å²) in [5.74, 6) is -1.42. The SMILES string of the molecule is CC(Cc1ccccc1)OC(=O)C(N)C1CCC(C(=O)O)CC1. The van der Waals surface area contributed by atoms with Crippen molar-refractivity contribution in [2.24, 2.45) is 17.6 Å². The molecule has 1 saturated carbocycles. The van der Waals surface area contributed by atoms with E-state index in [9.17, 15) is 9.59 Å². The summed E-state index contributed by atoms with van der Waals surface area (Å²) in [6.07, 6.45) is 2.93. The summed E-state index contributed by atoms with van der Waals surface area (Å²) < 4.78 is 5.46. The monoisotopic (exact) mass is 319 g/mol. The van der Waals surface area contributed by atoms with Crippen molar-refractivity contribution in [1.29, 1.82) is 0 Å². The molecule has 0 heterocycles. The average Bonchev–Trinajstić information content (AvgIpc) is 2.55. The zero-order valence-electron chi connectivity index (χ0n) is 13.5. The molecule has 1 aliphatic carbocycles. The van der Waals surface area contributed by atoms with Crippen molar-refractivity contribution >= 4 is 11.9 Å². The molecular weight excluding hydrogens is 294 g/mol. The smallest absolute Gasteiger partial charge is 0.323 e. The summed E-state index contributed by atoms with van der Waals surface area (Å²) in [6, 6.07) is 9.19. The molecule has 0 spiro atoms. The van der Waals surface area contributed by atoms with E-state index >= 15 is 0 Å². The Morgan fingerprint density at radius 2 is 1.83 bits per heavy atom. The number of hydrogen-bond donors (Lipinski definition) is 2. The topological polar surface area (TPSA) is 89.6 Å². The lowest BCUT2D eigenvalue weighted by Crippen LogP contribution is -2.42. The minimum Gasteiger partial charge on any atom is -0.481 e. The first kappa shape index (κ1) is 17.5. The van der Waals surface area contributed by atoms with Crippen LogP contribution in [0.3, 0.4) is 0 Å². The van der Waals surface area contributed by atoms with Crippen LogP contribution in [0.5, 0.6) is 0 Å². The van der Waals surface area contributed by atoms with Gasteiger partial charge in [0.25, 0.3) is 0 Å². The highest BCUT2D eigenvalue weighted by atomic mass is 16.5. The van der Waals surface area contributed by atoms with Gasteiger partial charge in [0.15, 0.2) is 0 Å². The Hall–Kier alpha value is -1.88. The zero-order chi connectivity index (χ0) is 16.8. The molecule has 1 fully saturated rings. The molecule has 2 unspecified atom stereocenters. The van der Waals surface area contributed by atoms with Gasteiger partial charge in [-0.25, -0.2) is 0 Å². The number of hydrogen-bond acceptors (Lipinski definition) is 4. The van der Waals surface area contributed by atoms with Crippen molar-refractivity contribution in [1.82, 2.24) is 0 Å². The van der Waals surface area contributed by atoms with E-state index < -0.39 is 12.0 Å². The molecular formula is C18H25NO4. The molecule has 0 aliphatic heterocycles. The lowest BCUT2D eigenvalue weighted by atomic mass is 9.79. The van der Waals surface area contributed by atoms with Crippen molar-refractivity contribution in [3.8, 4) is 0 Å². The van der Waals surface area contributed by atoms with Crippen molar-refractivity contribution in [2.75, 3.05) is 0 Å². The molecule has 0 aromatic heterocycles. The largest absolute Gasteiger partial charge is 0.481 e. The molecule has 1 aliphatic rings. The Kier molecular flexibility index (Phi) is 6.16. The van der Waals surface area contributed by atoms with Gasteiger partial charge in [-0.15, -0.1) is 0 Å². The molecule has 2 rings (SSSR count). The molecule has 5 nitrogen and oxygen atoms in total. The number of aliphatic carboxylic acids is 1. The van der Waals surface area contributed by atoms with Gasteiger partial charge in [-0.2, -0.15) is 0 Å². The van der Waals surface area contributed by atoms with E-state index in [1.165, 1.54) is 0 Å². The molecule has 1 aromatic carbocycles. The summed E-state index contributed by atoms with van der Waals surface area (Å²) >= 11 is 0. The Bertz CT molecular complexity index is 523. The highest BCUT2D eigenvalue weighted by Crippen LogP contribution is 2.30. The van der Waals surface area contributed by atoms with Crippen molar-refractivity contribution in [2.45, 2.75) is 51.2 Å². The predicted octanol–water partition coefficient (Wildman–Crippen LogP) is 2.38. The van der Waals surface area contributed by atoms with Gasteiger partial charge in [0.05, 0.1) is 5.92 Å². The molecule has 0 bridgehead atoms. The van der Waals surface area contributed by atoms with Crippen LogP contribution in [0.25, 0.3) is 0 Å². The lowest BCUT2D eigenvalue weighted by Gasteiger charge is -2.29. The molecule has 1 aromatic rings. The number of benzene rings is 1. The van der Waals surface area contributed by atoms with Crippen molar-refractivity contribution < 1.29 is 19.4 Å². The van der Waals surface area contributed by atoms with E-state index in [1.54, 1.807) is 0 Å². The highest BCUT2D eigenvalue weighted by Gasteiger charge is 2.33. The number of carboxylic acids is 1. The van der Waals surface area contributed by atoms with Crippen LogP contribution < -0.4 is 5.73 Å². The fourth-order valence-corrected chi connectivity index (χ4v) is 3.18. The summed E-state index contributed by atoms with van der Waals surface area (Å²) in [5.41, 5.74) is 7.15. The predicted molar refractivity (Wildman–Crippen MR) is 86.8 cm³/mol. The quantitative estimate of drug-likeness (QED) is 0.786. The van der Waals surface area contributed by atoms with Crippen LogP contribution in [0.15, 0.2) is 30.3 Å². The van der Waals surface area contributed by atoms with E-state index in [0.717, 1.165) is 5.56 Å². The minimum atomic E-state index is -0.754. The van der Waals surface area contributed by atoms with Gasteiger partial charge in [0.2, 0.25) is 0 Å². The van der Waals surface area contributed by atoms with Crippen LogP contribution in [-0.2, 0) is 20.7 Å². The summed E-state index contributed by atoms with van der Waals surface area (Å²) in [7, 11) is 0. The first-order valence-electron chi connectivity index (χ1n) is 8.20. The van der Waals surface area contributed by atoms with Crippen LogP contribution in [0.2, 0.25) is 0 Å². The maximum absolute atomic E-state index is 12.2. The lowest BCUT2D eigenvalue weighted by molar-refractivity contribution is -0.151. The van der Waals surface area contributed by atoms with E-state index in [0.29, 0.717) is 32.1 Å². The van der Waals surface area contributed by atoms with Gasteiger partial charge in [0.1, 0.15) is 12.1 Å². The Morgan fingerprint density at radius 1 is 1.22 bits per heavy atom. The third-order valence-electron chi connectivity index (χ3n) is 4.58. The van der Waals surface area contributed by atoms with Crippen LogP contribution in [-0.4, -0.2) is 29.2 Å². The van der Waals surface area contributed by atoms with E-state index in [1.807, 2.05) is 37.3 Å². The maximum atomic E-state index is 12.2. The zero-order valence-corrected chi connectivity index (χ0v) is 13.5. The molecule has 126 valence electrons. The number of esters is 1. The molecule has 5 heteroatoms. The average molecular weight is 319 g/mol. The summed E-state index contributed by atoms with van der Waals surface area (Å²) in [5, 5.41) is 9.01. The number of nitrogens with two attached hydrogens (primary N) is 1. The normalized spacial score (nSPS) is 23.7. The van der Waals surface area contributed by atoms with E-state index in [4.69, 9.17) is 15.6 Å². The van der Waals surface area contributed by atoms with Gasteiger partial charge in [-0.1, -0.05) is 30.3 Å². The van der Waals surface area contributed by atoms with Gasteiger partial charge >= 0.3 is 11.9 Å². The van der Waals surface area contributed by atoms with Crippen molar-refractivity contribution in [3.63, 3.8) is 0 Å². The second-order valence-corrected chi connectivity index (χ2v) is 6.41. The number of carboxylic acid groups (broad SMARTS) is 1. The fraction of sp³-hybridized carbons (Fsp3) is 0.556. The number of carbonyl (C=O) groups excluding carboxylic acids is 1. The van der Waals surface area contributed by atoms with E-state index in [2.05, 4.69) is 0 Å². The fourth-order valence-electron chi connectivity index (χ4n) is 3.18. The molecule has 2 atom stereocenters. The van der Waals surface area contributed by atoms with Crippen molar-refractivity contribution in [3.05, 3.63) is 35.9 Å². The third-order valence-corrected chi connectivity index (χ3v) is 4.58. The Labute approximate surface area is 136 Å². The molecule has 3 N–H and O–H groups in total. The number of rotatable bonds is 6. The highest BCUT2D eigenvalue weighted by molar-refractivity contribution is 5.76. The second kappa shape index (κ2) is 8.11. The van der Waals surface area contributed by atoms with E-state index in [-0.39, 0.29) is 23.9 Å². The Balaban J connectivity index is 1.80. The second-order valence-electron chi connectivity index (χ2n) is 6.41. The molecule has 0 radical (unpaired) electrons. The van der Waals surface area contributed by atoms with Crippen LogP contribution in [0, 0.1) is 11.8 Å². The van der Waals surface area contributed by atoms with Gasteiger partial charge in [0, 0.05) is 6.42 Å². The van der Waals surface area contributed by atoms with Crippen LogP contribution in [0.1, 0.15) is 38.2 Å². The summed E-state index contributed by atoms with van der Waals surface area (Å²) in [6.45, 7) is 1.86. The van der Waals surface area contributed by atoms with Gasteiger partial charge in [-0.05, 0) is 44.1 Å². The first-order chi connectivity index (χ1) is 11.0. The summed E-state index contributed by atoms with van der Waals surface area (Å²) in [4.78, 5) is 23.2. The number of carbonyl (C=O) groups is 2. The minimum absolute atomic E-state index is 0.0158. The maximum Gasteiger partial charge on any atom is 0.323 e. The van der Waals surface area contributed by atoms with Crippen LogP contribution in [0.4, 0.5) is 0 Å². The van der Waals surface area contributed by atoms with Crippen LogP contribution >= 0.6 is 0 Å². The number of ether oxygens (including phenoxy) is 1. The van der Waals surface area contributed by atoms with Gasteiger partial charge in [-0.3, -0.25) is 9.59 Å². The first-order valence-corrected chi connectivity index (χ1v) is 8.20. The third kappa shape index (κ3) is 5.06. The van der Waals surface area contributed by atoms with Gasteiger partial charge < -0.3 is 15.6 Å². The molecule has 0 saturated heterocycles. The molecule has 23 heavy (non-hydrogen) atoms. The Morgan fingerprint density at radius 3 is 2.39 bits per heavy atom. The molecule has 0 amide bonds. The standard InChI is InChI=1S/C18H25NO4/c1-12(11-13-5-3-2-4-6-13)23-18(22)16(19)14-7-9-15(10-8-14)17(20)21/h2-6,12,14-16H,7-11,19H2,1H3,(H,20,21).